The summed E-state index contributed by atoms with van der Waals surface area (Å²) >= 11 is 5.78. The van der Waals surface area contributed by atoms with Crippen molar-refractivity contribution in [3.63, 3.8) is 0 Å². The number of amides is 1. The molecule has 5 heteroatoms. The number of halogens is 1. The lowest BCUT2D eigenvalue weighted by Crippen LogP contribution is -2.30. The average Bonchev–Trinajstić information content (AvgIpc) is 2.84. The highest BCUT2D eigenvalue weighted by Gasteiger charge is 2.27. The highest BCUT2D eigenvalue weighted by Crippen LogP contribution is 2.19. The Balaban J connectivity index is 2.07. The van der Waals surface area contributed by atoms with Crippen molar-refractivity contribution in [2.75, 3.05) is 19.0 Å². The molecule has 0 aliphatic carbocycles. The van der Waals surface area contributed by atoms with Crippen LogP contribution in [-0.4, -0.2) is 39.3 Å². The maximum Gasteiger partial charge on any atom is 0.272 e. The number of aryl methyl sites for hydroxylation is 1. The molecule has 82 valence electrons. The molecule has 0 N–H and O–H groups in total. The summed E-state index contributed by atoms with van der Waals surface area (Å²) in [4.78, 5) is 17.8. The number of carbonyl (C=O) groups excluding carboxylic acids is 1. The number of alkyl halides is 1. The first-order valence-electron chi connectivity index (χ1n) is 5.04. The Morgan fingerprint density at radius 1 is 1.73 bits per heavy atom. The van der Waals surface area contributed by atoms with Crippen LogP contribution in [0.2, 0.25) is 0 Å². The summed E-state index contributed by atoms with van der Waals surface area (Å²) in [5.74, 6) is 1.14. The first-order chi connectivity index (χ1) is 7.22. The molecule has 1 atom stereocenters. The minimum Gasteiger partial charge on any atom is -0.337 e. The highest BCUT2D eigenvalue weighted by molar-refractivity contribution is 6.18. The zero-order valence-corrected chi connectivity index (χ0v) is 9.44. The maximum absolute atomic E-state index is 12.0. The normalized spacial score (nSPS) is 20.9. The monoisotopic (exact) mass is 227 g/mol. The van der Waals surface area contributed by atoms with E-state index in [1.807, 2.05) is 11.9 Å². The molecule has 0 spiro atoms. The molecule has 1 aliphatic rings. The lowest BCUT2D eigenvalue weighted by Gasteiger charge is -2.15. The van der Waals surface area contributed by atoms with Crippen molar-refractivity contribution in [3.8, 4) is 0 Å². The van der Waals surface area contributed by atoms with Crippen molar-refractivity contribution >= 4 is 17.5 Å². The number of carbonyl (C=O) groups is 1. The number of rotatable bonds is 2. The van der Waals surface area contributed by atoms with Gasteiger partial charge in [0.2, 0.25) is 0 Å². The molecule has 1 amide bonds. The zero-order chi connectivity index (χ0) is 10.8. The molecule has 0 bridgehead atoms. The first-order valence-corrected chi connectivity index (χ1v) is 5.57. The standard InChI is InChI=1S/C10H14ClN3O/c1-13-7-12-5-9(13)10(15)14-3-2-8(4-11)6-14/h5,7-8H,2-4,6H2,1H3. The van der Waals surface area contributed by atoms with E-state index in [1.54, 1.807) is 17.1 Å². The van der Waals surface area contributed by atoms with E-state index in [0.717, 1.165) is 19.5 Å². The van der Waals surface area contributed by atoms with E-state index in [1.165, 1.54) is 0 Å². The van der Waals surface area contributed by atoms with Crippen LogP contribution in [0.25, 0.3) is 0 Å². The third-order valence-electron chi connectivity index (χ3n) is 2.83. The Morgan fingerprint density at radius 3 is 3.07 bits per heavy atom. The first kappa shape index (κ1) is 10.5. The Morgan fingerprint density at radius 2 is 2.53 bits per heavy atom. The van der Waals surface area contributed by atoms with Gasteiger partial charge in [0.15, 0.2) is 0 Å². The largest absolute Gasteiger partial charge is 0.337 e. The molecule has 2 heterocycles. The van der Waals surface area contributed by atoms with E-state index < -0.39 is 0 Å². The Labute approximate surface area is 93.8 Å². The summed E-state index contributed by atoms with van der Waals surface area (Å²) in [6.07, 6.45) is 4.26. The molecular formula is C10H14ClN3O. The maximum atomic E-state index is 12.0. The van der Waals surface area contributed by atoms with E-state index in [2.05, 4.69) is 4.98 Å². The van der Waals surface area contributed by atoms with E-state index in [9.17, 15) is 4.79 Å². The fraction of sp³-hybridized carbons (Fsp3) is 0.600. The quantitative estimate of drug-likeness (QED) is 0.711. The number of nitrogens with zero attached hydrogens (tertiary/aromatic N) is 3. The average molecular weight is 228 g/mol. The molecular weight excluding hydrogens is 214 g/mol. The lowest BCUT2D eigenvalue weighted by atomic mass is 10.2. The molecule has 15 heavy (non-hydrogen) atoms. The van der Waals surface area contributed by atoms with Gasteiger partial charge >= 0.3 is 0 Å². The number of hydrogen-bond acceptors (Lipinski definition) is 2. The van der Waals surface area contributed by atoms with Gasteiger partial charge in [-0.1, -0.05) is 0 Å². The highest BCUT2D eigenvalue weighted by atomic mass is 35.5. The van der Waals surface area contributed by atoms with Gasteiger partial charge in [0.25, 0.3) is 5.91 Å². The molecule has 0 saturated carbocycles. The second kappa shape index (κ2) is 4.23. The fourth-order valence-electron chi connectivity index (χ4n) is 1.87. The Kier molecular flexibility index (Phi) is 2.95. The number of likely N-dealkylation sites (tertiary alicyclic amines) is 1. The van der Waals surface area contributed by atoms with Gasteiger partial charge in [0, 0.05) is 26.0 Å². The summed E-state index contributed by atoms with van der Waals surface area (Å²) in [6.45, 7) is 1.58. The molecule has 1 aliphatic heterocycles. The zero-order valence-electron chi connectivity index (χ0n) is 8.69. The lowest BCUT2D eigenvalue weighted by molar-refractivity contribution is 0.0779. The van der Waals surface area contributed by atoms with Crippen LogP contribution in [-0.2, 0) is 7.05 Å². The van der Waals surface area contributed by atoms with Gasteiger partial charge in [-0.15, -0.1) is 11.6 Å². The minimum absolute atomic E-state index is 0.0580. The van der Waals surface area contributed by atoms with Gasteiger partial charge in [-0.05, 0) is 12.3 Å². The number of imidazole rings is 1. The molecule has 1 saturated heterocycles. The predicted molar refractivity (Wildman–Crippen MR) is 57.9 cm³/mol. The molecule has 1 aromatic heterocycles. The topological polar surface area (TPSA) is 38.1 Å². The summed E-state index contributed by atoms with van der Waals surface area (Å²) in [7, 11) is 1.83. The van der Waals surface area contributed by atoms with E-state index in [0.29, 0.717) is 17.5 Å². The van der Waals surface area contributed by atoms with E-state index in [4.69, 9.17) is 11.6 Å². The van der Waals surface area contributed by atoms with Crippen molar-refractivity contribution in [2.24, 2.45) is 13.0 Å². The molecule has 1 fully saturated rings. The van der Waals surface area contributed by atoms with Crippen LogP contribution in [0.1, 0.15) is 16.9 Å². The van der Waals surface area contributed by atoms with Gasteiger partial charge in [0.1, 0.15) is 5.69 Å². The second-order valence-corrected chi connectivity index (χ2v) is 4.26. The van der Waals surface area contributed by atoms with Crippen LogP contribution in [0.15, 0.2) is 12.5 Å². The number of aromatic nitrogens is 2. The molecule has 1 aromatic rings. The summed E-state index contributed by atoms with van der Waals surface area (Å²) < 4.78 is 1.75. The van der Waals surface area contributed by atoms with Crippen molar-refractivity contribution in [2.45, 2.75) is 6.42 Å². The SMILES string of the molecule is Cn1cncc1C(=O)N1CCC(CCl)C1. The van der Waals surface area contributed by atoms with E-state index >= 15 is 0 Å². The molecule has 1 unspecified atom stereocenters. The Hall–Kier alpha value is -1.03. The molecule has 2 rings (SSSR count). The van der Waals surface area contributed by atoms with Crippen LogP contribution in [0.4, 0.5) is 0 Å². The predicted octanol–water partition coefficient (Wildman–Crippen LogP) is 1.12. The van der Waals surface area contributed by atoms with Crippen LogP contribution in [0.5, 0.6) is 0 Å². The minimum atomic E-state index is 0.0580. The van der Waals surface area contributed by atoms with Gasteiger partial charge < -0.3 is 9.47 Å². The van der Waals surface area contributed by atoms with Gasteiger partial charge in [0.05, 0.1) is 12.5 Å². The smallest absolute Gasteiger partial charge is 0.272 e. The van der Waals surface area contributed by atoms with Crippen LogP contribution < -0.4 is 0 Å². The van der Waals surface area contributed by atoms with E-state index in [-0.39, 0.29) is 5.91 Å². The van der Waals surface area contributed by atoms with Crippen molar-refractivity contribution in [3.05, 3.63) is 18.2 Å². The van der Waals surface area contributed by atoms with Gasteiger partial charge in [-0.25, -0.2) is 4.98 Å². The summed E-state index contributed by atoms with van der Waals surface area (Å²) in [5, 5.41) is 0. The second-order valence-electron chi connectivity index (χ2n) is 3.95. The fourth-order valence-corrected chi connectivity index (χ4v) is 2.12. The summed E-state index contributed by atoms with van der Waals surface area (Å²) in [6, 6.07) is 0. The van der Waals surface area contributed by atoms with Crippen LogP contribution in [0.3, 0.4) is 0 Å². The third kappa shape index (κ3) is 2.00. The van der Waals surface area contributed by atoms with Crippen LogP contribution in [0, 0.1) is 5.92 Å². The Bertz CT molecular complexity index is 363. The van der Waals surface area contributed by atoms with Crippen molar-refractivity contribution < 1.29 is 4.79 Å². The van der Waals surface area contributed by atoms with Crippen molar-refractivity contribution in [1.82, 2.24) is 14.5 Å². The molecule has 4 nitrogen and oxygen atoms in total. The molecule has 0 aromatic carbocycles. The third-order valence-corrected chi connectivity index (χ3v) is 3.26. The van der Waals surface area contributed by atoms with Gasteiger partial charge in [-0.2, -0.15) is 0 Å². The van der Waals surface area contributed by atoms with Gasteiger partial charge in [-0.3, -0.25) is 4.79 Å². The summed E-state index contributed by atoms with van der Waals surface area (Å²) in [5.41, 5.74) is 0.644. The number of hydrogen-bond donors (Lipinski definition) is 0. The molecule has 0 radical (unpaired) electrons. The van der Waals surface area contributed by atoms with Crippen LogP contribution >= 0.6 is 11.6 Å². The van der Waals surface area contributed by atoms with Crippen molar-refractivity contribution in [1.29, 1.82) is 0 Å².